The molecule has 2 aromatic carbocycles. The highest BCUT2D eigenvalue weighted by Gasteiger charge is 2.23. The van der Waals surface area contributed by atoms with Crippen molar-refractivity contribution >= 4 is 11.0 Å². The summed E-state index contributed by atoms with van der Waals surface area (Å²) < 4.78 is 29.6. The Bertz CT molecular complexity index is 1710. The molecule has 0 fully saturated rings. The molecule has 0 bridgehead atoms. The molecule has 3 heterocycles. The third kappa shape index (κ3) is 4.59. The standard InChI is InChI=1S/C27H24FN7O3/c1-29-13-14-34-27(36)33(16-19-10-11-20(37-2)15-23(19)38-3)26(32-34)24-21-8-6-12-30-25(21)35(31-24)17-18-7-4-5-9-22(18)28/h4-12,15H,13-14,16-17H2,2-3H3. The molecule has 0 saturated carbocycles. The first-order chi connectivity index (χ1) is 18.5. The van der Waals surface area contributed by atoms with E-state index in [1.54, 1.807) is 61.5 Å². The van der Waals surface area contributed by atoms with Gasteiger partial charge in [0.1, 0.15) is 29.6 Å². The molecule has 38 heavy (non-hydrogen) atoms. The number of pyridine rings is 1. The van der Waals surface area contributed by atoms with Crippen LogP contribution in [0, 0.1) is 12.4 Å². The molecule has 10 nitrogen and oxygen atoms in total. The molecule has 0 atom stereocenters. The number of halogens is 1. The summed E-state index contributed by atoms with van der Waals surface area (Å²) in [5.41, 5.74) is 1.76. The Labute approximate surface area is 217 Å². The molecule has 5 aromatic rings. The average Bonchev–Trinajstić information content (AvgIpc) is 3.46. The number of aromatic nitrogens is 6. The van der Waals surface area contributed by atoms with Gasteiger partial charge in [-0.2, -0.15) is 5.10 Å². The number of methoxy groups -OCH3 is 2. The Morgan fingerprint density at radius 2 is 1.82 bits per heavy atom. The predicted molar refractivity (Wildman–Crippen MR) is 139 cm³/mol. The summed E-state index contributed by atoms with van der Waals surface area (Å²) in [6, 6.07) is 15.4. The van der Waals surface area contributed by atoms with Crippen molar-refractivity contribution in [3.8, 4) is 23.0 Å². The van der Waals surface area contributed by atoms with E-state index in [0.717, 1.165) is 5.56 Å². The van der Waals surface area contributed by atoms with Crippen LogP contribution in [0.15, 0.2) is 65.6 Å². The van der Waals surface area contributed by atoms with E-state index in [4.69, 9.17) is 21.1 Å². The van der Waals surface area contributed by atoms with Crippen LogP contribution in [-0.4, -0.2) is 49.9 Å². The van der Waals surface area contributed by atoms with E-state index < -0.39 is 0 Å². The molecule has 0 aliphatic carbocycles. The second-order valence-corrected chi connectivity index (χ2v) is 8.45. The molecule has 0 saturated heterocycles. The van der Waals surface area contributed by atoms with Crippen molar-refractivity contribution in [3.05, 3.63) is 99.6 Å². The first-order valence-electron chi connectivity index (χ1n) is 11.8. The monoisotopic (exact) mass is 513 g/mol. The zero-order valence-electron chi connectivity index (χ0n) is 20.8. The SMILES string of the molecule is [C-]#[N+]CCn1nc(-c2nn(Cc3ccccc3F)c3ncccc23)n(Cc2ccc(OC)cc2OC)c1=O. The fraction of sp³-hybridized carbons (Fsp3) is 0.222. The number of rotatable bonds is 9. The zero-order valence-corrected chi connectivity index (χ0v) is 20.8. The van der Waals surface area contributed by atoms with Crippen molar-refractivity contribution in [1.82, 2.24) is 29.1 Å². The van der Waals surface area contributed by atoms with Gasteiger partial charge in [0.25, 0.3) is 0 Å². The highest BCUT2D eigenvalue weighted by molar-refractivity contribution is 5.89. The van der Waals surface area contributed by atoms with Crippen LogP contribution in [0.25, 0.3) is 27.4 Å². The minimum absolute atomic E-state index is 0.103. The third-order valence-corrected chi connectivity index (χ3v) is 6.17. The summed E-state index contributed by atoms with van der Waals surface area (Å²) in [6.07, 6.45) is 1.63. The third-order valence-electron chi connectivity index (χ3n) is 6.17. The lowest BCUT2D eigenvalue weighted by Gasteiger charge is -2.11. The van der Waals surface area contributed by atoms with Gasteiger partial charge in [-0.25, -0.2) is 30.1 Å². The molecule has 5 rings (SSSR count). The van der Waals surface area contributed by atoms with Crippen molar-refractivity contribution in [3.63, 3.8) is 0 Å². The molecular weight excluding hydrogens is 489 g/mol. The fourth-order valence-corrected chi connectivity index (χ4v) is 4.27. The van der Waals surface area contributed by atoms with Gasteiger partial charge in [-0.3, -0.25) is 4.57 Å². The summed E-state index contributed by atoms with van der Waals surface area (Å²) in [5.74, 6) is 1.13. The van der Waals surface area contributed by atoms with E-state index in [0.29, 0.717) is 39.6 Å². The molecule has 0 radical (unpaired) electrons. The normalized spacial score (nSPS) is 11.0. The van der Waals surface area contributed by atoms with Crippen LogP contribution >= 0.6 is 0 Å². The largest absolute Gasteiger partial charge is 0.497 e. The number of benzene rings is 2. The lowest BCUT2D eigenvalue weighted by molar-refractivity contribution is 0.390. The number of hydrogen-bond donors (Lipinski definition) is 0. The van der Waals surface area contributed by atoms with Crippen molar-refractivity contribution in [2.24, 2.45) is 0 Å². The van der Waals surface area contributed by atoms with Crippen molar-refractivity contribution in [1.29, 1.82) is 0 Å². The van der Waals surface area contributed by atoms with Crippen LogP contribution in [0.4, 0.5) is 4.39 Å². The Hall–Kier alpha value is -4.98. The van der Waals surface area contributed by atoms with Gasteiger partial charge in [-0.1, -0.05) is 18.2 Å². The van der Waals surface area contributed by atoms with Gasteiger partial charge in [0.15, 0.2) is 11.5 Å². The topological polar surface area (TPSA) is 93.3 Å². The lowest BCUT2D eigenvalue weighted by Crippen LogP contribution is -2.26. The van der Waals surface area contributed by atoms with Crippen LogP contribution in [0.2, 0.25) is 0 Å². The van der Waals surface area contributed by atoms with E-state index in [9.17, 15) is 9.18 Å². The van der Waals surface area contributed by atoms with E-state index in [1.807, 2.05) is 12.1 Å². The van der Waals surface area contributed by atoms with Gasteiger partial charge < -0.3 is 14.3 Å². The van der Waals surface area contributed by atoms with E-state index in [-0.39, 0.29) is 37.7 Å². The highest BCUT2D eigenvalue weighted by atomic mass is 19.1. The lowest BCUT2D eigenvalue weighted by atomic mass is 10.2. The molecule has 192 valence electrons. The summed E-state index contributed by atoms with van der Waals surface area (Å²) in [4.78, 5) is 21.3. The first-order valence-corrected chi connectivity index (χ1v) is 11.8. The zero-order chi connectivity index (χ0) is 26.6. The number of hydrogen-bond acceptors (Lipinski definition) is 6. The molecule has 0 unspecified atom stereocenters. The fourth-order valence-electron chi connectivity index (χ4n) is 4.27. The van der Waals surface area contributed by atoms with Gasteiger partial charge in [0, 0.05) is 23.4 Å². The molecule has 0 spiro atoms. The summed E-state index contributed by atoms with van der Waals surface area (Å²) in [5, 5.41) is 9.98. The van der Waals surface area contributed by atoms with Crippen molar-refractivity contribution in [2.45, 2.75) is 19.6 Å². The van der Waals surface area contributed by atoms with Gasteiger partial charge in [0.05, 0.1) is 32.7 Å². The molecule has 3 aromatic heterocycles. The van der Waals surface area contributed by atoms with Crippen LogP contribution in [0.1, 0.15) is 11.1 Å². The maximum Gasteiger partial charge on any atom is 0.346 e. The second kappa shape index (κ2) is 10.6. The maximum absolute atomic E-state index is 14.4. The molecular formula is C27H24FN7O3. The van der Waals surface area contributed by atoms with Gasteiger partial charge in [-0.05, 0) is 30.3 Å². The number of nitrogens with zero attached hydrogens (tertiary/aromatic N) is 7. The number of ether oxygens (including phenoxy) is 2. The average molecular weight is 514 g/mol. The van der Waals surface area contributed by atoms with Gasteiger partial charge >= 0.3 is 5.69 Å². The quantitative estimate of drug-likeness (QED) is 0.280. The van der Waals surface area contributed by atoms with Crippen molar-refractivity contribution < 1.29 is 13.9 Å². The summed E-state index contributed by atoms with van der Waals surface area (Å²) in [6.45, 7) is 7.67. The Morgan fingerprint density at radius 3 is 2.58 bits per heavy atom. The summed E-state index contributed by atoms with van der Waals surface area (Å²) >= 11 is 0. The predicted octanol–water partition coefficient (Wildman–Crippen LogP) is 3.63. The van der Waals surface area contributed by atoms with E-state index in [1.165, 1.54) is 15.3 Å². The smallest absolute Gasteiger partial charge is 0.346 e. The Balaban J connectivity index is 1.66. The van der Waals surface area contributed by atoms with Gasteiger partial charge in [-0.15, -0.1) is 5.10 Å². The Morgan fingerprint density at radius 1 is 0.974 bits per heavy atom. The van der Waals surface area contributed by atoms with Crippen LogP contribution < -0.4 is 15.2 Å². The summed E-state index contributed by atoms with van der Waals surface area (Å²) in [7, 11) is 3.11. The van der Waals surface area contributed by atoms with Crippen LogP contribution in [-0.2, 0) is 19.6 Å². The molecule has 11 heteroatoms. The van der Waals surface area contributed by atoms with Crippen LogP contribution in [0.5, 0.6) is 11.5 Å². The first kappa shape index (κ1) is 24.7. The number of fused-ring (bicyclic) bond motifs is 1. The Kier molecular flexibility index (Phi) is 6.86. The van der Waals surface area contributed by atoms with Crippen molar-refractivity contribution in [2.75, 3.05) is 20.8 Å². The maximum atomic E-state index is 14.4. The molecule has 0 aliphatic heterocycles. The molecule has 0 N–H and O–H groups in total. The van der Waals surface area contributed by atoms with E-state index in [2.05, 4.69) is 14.9 Å². The van der Waals surface area contributed by atoms with Crippen LogP contribution in [0.3, 0.4) is 0 Å². The van der Waals surface area contributed by atoms with Gasteiger partial charge in [0.2, 0.25) is 6.54 Å². The minimum Gasteiger partial charge on any atom is -0.497 e. The molecule has 0 aliphatic rings. The highest BCUT2D eigenvalue weighted by Crippen LogP contribution is 2.29. The van der Waals surface area contributed by atoms with E-state index >= 15 is 0 Å². The second-order valence-electron chi connectivity index (χ2n) is 8.45. The minimum atomic E-state index is -0.387. The molecule has 0 amide bonds.